The van der Waals surface area contributed by atoms with Crippen LogP contribution in [0.4, 0.5) is 35.0 Å². The molecule has 0 aliphatic heterocycles. The Kier molecular flexibility index (Phi) is 5.28. The van der Waals surface area contributed by atoms with Gasteiger partial charge in [-0.1, -0.05) is 12.1 Å². The molecule has 0 radical (unpaired) electrons. The molecule has 0 saturated heterocycles. The van der Waals surface area contributed by atoms with Crippen molar-refractivity contribution in [2.75, 3.05) is 10.6 Å². The average molecular weight is 429 g/mol. The molecule has 3 N–H and O–H groups in total. The number of pyridine rings is 1. The number of aromatic amines is 1. The summed E-state index contributed by atoms with van der Waals surface area (Å²) in [6.07, 6.45) is -3.02. The number of alkyl halides is 3. The number of anilines is 3. The largest absolute Gasteiger partial charge is 0.416 e. The van der Waals surface area contributed by atoms with Gasteiger partial charge in [0.1, 0.15) is 17.0 Å². The highest BCUT2D eigenvalue weighted by atomic mass is 19.4. The van der Waals surface area contributed by atoms with Crippen LogP contribution in [0, 0.1) is 5.82 Å². The Bertz CT molecular complexity index is 1270. The fourth-order valence-corrected chi connectivity index (χ4v) is 2.92. The lowest BCUT2D eigenvalue weighted by molar-refractivity contribution is -0.137. The average Bonchev–Trinajstić information content (AvgIpc) is 2.73. The standard InChI is InChI=1S/C21H15F4N5O/c22-14-5-1-12(2-6-14)11-27-20-29-16-9-10-26-19(31)17(16)18(30-20)28-15-7-3-13(4-8-15)21(23,24)25/h1-10H,11H2,(H,26,31)(H2,27,28,29,30). The molecule has 0 spiro atoms. The van der Waals surface area contributed by atoms with E-state index in [1.165, 1.54) is 30.5 Å². The number of benzene rings is 2. The summed E-state index contributed by atoms with van der Waals surface area (Å²) in [5, 5.41) is 6.05. The first-order valence-electron chi connectivity index (χ1n) is 9.12. The van der Waals surface area contributed by atoms with Gasteiger partial charge in [0.2, 0.25) is 5.95 Å². The van der Waals surface area contributed by atoms with Crippen LogP contribution in [0.5, 0.6) is 0 Å². The summed E-state index contributed by atoms with van der Waals surface area (Å²) in [5.74, 6) is -0.0296. The SMILES string of the molecule is O=c1[nH]ccc2nc(NCc3ccc(F)cc3)nc(Nc3ccc(C(F)(F)F)cc3)c12. The minimum Gasteiger partial charge on any atom is -0.350 e. The number of H-pyrrole nitrogens is 1. The number of hydrogen-bond acceptors (Lipinski definition) is 5. The monoisotopic (exact) mass is 429 g/mol. The van der Waals surface area contributed by atoms with Gasteiger partial charge in [-0.05, 0) is 48.0 Å². The molecule has 0 unspecified atom stereocenters. The second-order valence-corrected chi connectivity index (χ2v) is 6.64. The van der Waals surface area contributed by atoms with Gasteiger partial charge < -0.3 is 15.6 Å². The zero-order valence-corrected chi connectivity index (χ0v) is 15.8. The number of aromatic nitrogens is 3. The van der Waals surface area contributed by atoms with Crippen LogP contribution >= 0.6 is 0 Å². The van der Waals surface area contributed by atoms with E-state index < -0.39 is 17.3 Å². The Balaban J connectivity index is 1.66. The summed E-state index contributed by atoms with van der Waals surface area (Å²) in [6, 6.07) is 11.8. The molecule has 0 aliphatic rings. The zero-order chi connectivity index (χ0) is 22.0. The molecule has 0 amide bonds. The maximum atomic E-state index is 13.1. The van der Waals surface area contributed by atoms with Gasteiger partial charge in [0.15, 0.2) is 0 Å². The molecule has 0 atom stereocenters. The van der Waals surface area contributed by atoms with E-state index >= 15 is 0 Å². The van der Waals surface area contributed by atoms with Crippen LogP contribution < -0.4 is 16.2 Å². The molecule has 4 aromatic rings. The summed E-state index contributed by atoms with van der Waals surface area (Å²) < 4.78 is 51.4. The van der Waals surface area contributed by atoms with E-state index in [-0.39, 0.29) is 23.0 Å². The highest BCUT2D eigenvalue weighted by molar-refractivity contribution is 5.90. The minimum atomic E-state index is -4.45. The predicted octanol–water partition coefficient (Wildman–Crippen LogP) is 4.83. The number of halogens is 4. The lowest BCUT2D eigenvalue weighted by Gasteiger charge is -2.12. The lowest BCUT2D eigenvalue weighted by atomic mass is 10.2. The van der Waals surface area contributed by atoms with Gasteiger partial charge in [-0.25, -0.2) is 9.37 Å². The number of rotatable bonds is 5. The molecular formula is C21H15F4N5O. The zero-order valence-electron chi connectivity index (χ0n) is 15.8. The van der Waals surface area contributed by atoms with E-state index in [1.807, 2.05) is 0 Å². The van der Waals surface area contributed by atoms with E-state index in [9.17, 15) is 22.4 Å². The van der Waals surface area contributed by atoms with E-state index in [0.717, 1.165) is 17.7 Å². The molecule has 0 bridgehead atoms. The van der Waals surface area contributed by atoms with Crippen molar-refractivity contribution in [3.63, 3.8) is 0 Å². The lowest BCUT2D eigenvalue weighted by Crippen LogP contribution is -2.12. The van der Waals surface area contributed by atoms with Crippen molar-refractivity contribution in [1.29, 1.82) is 0 Å². The number of fused-ring (bicyclic) bond motifs is 1. The number of nitrogens with one attached hydrogen (secondary N) is 3. The van der Waals surface area contributed by atoms with E-state index in [0.29, 0.717) is 17.7 Å². The Labute approximate surface area is 173 Å². The second-order valence-electron chi connectivity index (χ2n) is 6.64. The highest BCUT2D eigenvalue weighted by Crippen LogP contribution is 2.31. The topological polar surface area (TPSA) is 82.7 Å². The first-order valence-corrected chi connectivity index (χ1v) is 9.12. The van der Waals surface area contributed by atoms with Crippen molar-refractivity contribution in [2.24, 2.45) is 0 Å². The molecule has 4 rings (SSSR count). The second kappa shape index (κ2) is 8.05. The minimum absolute atomic E-state index is 0.133. The van der Waals surface area contributed by atoms with Crippen LogP contribution in [0.3, 0.4) is 0 Å². The molecule has 2 aromatic carbocycles. The van der Waals surface area contributed by atoms with E-state index in [1.54, 1.807) is 18.2 Å². The van der Waals surface area contributed by atoms with E-state index in [4.69, 9.17) is 0 Å². The van der Waals surface area contributed by atoms with Crippen molar-refractivity contribution in [2.45, 2.75) is 12.7 Å². The fourth-order valence-electron chi connectivity index (χ4n) is 2.92. The highest BCUT2D eigenvalue weighted by Gasteiger charge is 2.30. The fraction of sp³-hybridized carbons (Fsp3) is 0.0952. The summed E-state index contributed by atoms with van der Waals surface area (Å²) in [4.78, 5) is 23.5. The Morgan fingerprint density at radius 3 is 2.32 bits per heavy atom. The Morgan fingerprint density at radius 2 is 1.65 bits per heavy atom. The van der Waals surface area contributed by atoms with E-state index in [2.05, 4.69) is 25.6 Å². The first kappa shape index (κ1) is 20.3. The molecule has 2 aromatic heterocycles. The normalized spacial score (nSPS) is 11.5. The maximum absolute atomic E-state index is 13.1. The van der Waals surface area contributed by atoms with Gasteiger partial charge in [0, 0.05) is 18.4 Å². The van der Waals surface area contributed by atoms with Crippen molar-refractivity contribution in [3.05, 3.63) is 88.1 Å². The molecule has 10 heteroatoms. The number of nitrogens with zero attached hydrogens (tertiary/aromatic N) is 2. The predicted molar refractivity (Wildman–Crippen MR) is 109 cm³/mol. The third kappa shape index (κ3) is 4.63. The van der Waals surface area contributed by atoms with Crippen LogP contribution in [0.1, 0.15) is 11.1 Å². The summed E-state index contributed by atoms with van der Waals surface area (Å²) in [5.41, 5.74) is 0.214. The first-order chi connectivity index (χ1) is 14.8. The van der Waals surface area contributed by atoms with Crippen molar-refractivity contribution in [1.82, 2.24) is 15.0 Å². The van der Waals surface area contributed by atoms with Gasteiger partial charge in [0.05, 0.1) is 11.1 Å². The number of hydrogen-bond donors (Lipinski definition) is 3. The van der Waals surface area contributed by atoms with Gasteiger partial charge >= 0.3 is 6.18 Å². The van der Waals surface area contributed by atoms with Gasteiger partial charge in [-0.2, -0.15) is 18.2 Å². The molecular weight excluding hydrogens is 414 g/mol. The van der Waals surface area contributed by atoms with Gasteiger partial charge in [-0.15, -0.1) is 0 Å². The molecule has 0 saturated carbocycles. The summed E-state index contributed by atoms with van der Waals surface area (Å²) >= 11 is 0. The third-order valence-electron chi connectivity index (χ3n) is 4.46. The third-order valence-corrected chi connectivity index (χ3v) is 4.46. The molecule has 6 nitrogen and oxygen atoms in total. The van der Waals surface area contributed by atoms with Crippen LogP contribution in [-0.2, 0) is 12.7 Å². The quantitative estimate of drug-likeness (QED) is 0.396. The molecule has 0 fully saturated rings. The molecule has 0 aliphatic carbocycles. The van der Waals surface area contributed by atoms with Crippen LogP contribution in [0.25, 0.3) is 10.9 Å². The molecule has 158 valence electrons. The smallest absolute Gasteiger partial charge is 0.350 e. The van der Waals surface area contributed by atoms with Crippen LogP contribution in [0.15, 0.2) is 65.6 Å². The van der Waals surface area contributed by atoms with Gasteiger partial charge in [-0.3, -0.25) is 4.79 Å². The van der Waals surface area contributed by atoms with Crippen LogP contribution in [0.2, 0.25) is 0 Å². The maximum Gasteiger partial charge on any atom is 0.416 e. The Morgan fingerprint density at radius 1 is 0.935 bits per heavy atom. The Hall–Kier alpha value is -3.95. The van der Waals surface area contributed by atoms with Crippen molar-refractivity contribution < 1.29 is 17.6 Å². The van der Waals surface area contributed by atoms with Crippen LogP contribution in [-0.4, -0.2) is 15.0 Å². The van der Waals surface area contributed by atoms with Gasteiger partial charge in [0.25, 0.3) is 5.56 Å². The van der Waals surface area contributed by atoms with Crippen molar-refractivity contribution >= 4 is 28.4 Å². The summed E-state index contributed by atoms with van der Waals surface area (Å²) in [6.45, 7) is 0.300. The molecule has 2 heterocycles. The van der Waals surface area contributed by atoms with Crippen molar-refractivity contribution in [3.8, 4) is 0 Å². The summed E-state index contributed by atoms with van der Waals surface area (Å²) in [7, 11) is 0. The molecule has 31 heavy (non-hydrogen) atoms.